The van der Waals surface area contributed by atoms with E-state index < -0.39 is 0 Å². The highest BCUT2D eigenvalue weighted by molar-refractivity contribution is 7.26. The Labute approximate surface area is 136 Å². The number of hydrazine groups is 1. The van der Waals surface area contributed by atoms with Gasteiger partial charge in [-0.15, -0.1) is 22.7 Å². The molecular weight excluding hydrogens is 324 g/mol. The standard InChI is InChI=1S/C14H17ClN4S2/c1-3-8-14(15)10(19(2)18-8)6-9(17-16)12-7-13-11(21-12)4-5-20-13/h4-5,7,9,17H,3,6,16H2,1-2H3. The van der Waals surface area contributed by atoms with E-state index >= 15 is 0 Å². The first kappa shape index (κ1) is 15.0. The lowest BCUT2D eigenvalue weighted by Crippen LogP contribution is -2.29. The molecule has 3 N–H and O–H groups in total. The van der Waals surface area contributed by atoms with Crippen LogP contribution in [0.2, 0.25) is 5.02 Å². The van der Waals surface area contributed by atoms with Gasteiger partial charge in [0.05, 0.1) is 22.5 Å². The predicted octanol–water partition coefficient (Wildman–Crippen LogP) is 3.66. The number of nitrogens with two attached hydrogens (primary N) is 1. The first-order valence-electron chi connectivity index (χ1n) is 6.77. The average Bonchev–Trinajstić information content (AvgIpc) is 3.12. The Morgan fingerprint density at radius 3 is 2.90 bits per heavy atom. The van der Waals surface area contributed by atoms with E-state index in [2.05, 4.69) is 35.0 Å². The molecule has 0 saturated carbocycles. The van der Waals surface area contributed by atoms with E-state index in [1.54, 1.807) is 22.7 Å². The lowest BCUT2D eigenvalue weighted by atomic mass is 10.1. The molecule has 0 radical (unpaired) electrons. The third-order valence-corrected chi connectivity index (χ3v) is 6.25. The quantitative estimate of drug-likeness (QED) is 0.550. The van der Waals surface area contributed by atoms with E-state index in [4.69, 9.17) is 17.4 Å². The van der Waals surface area contributed by atoms with Gasteiger partial charge in [-0.3, -0.25) is 16.0 Å². The van der Waals surface area contributed by atoms with Crippen molar-refractivity contribution in [2.45, 2.75) is 25.8 Å². The number of hydrogen-bond acceptors (Lipinski definition) is 5. The third kappa shape index (κ3) is 2.74. The van der Waals surface area contributed by atoms with Crippen molar-refractivity contribution in [3.8, 4) is 0 Å². The van der Waals surface area contributed by atoms with Gasteiger partial charge in [-0.05, 0) is 23.9 Å². The van der Waals surface area contributed by atoms with Gasteiger partial charge in [-0.25, -0.2) is 0 Å². The van der Waals surface area contributed by atoms with E-state index in [1.165, 1.54) is 14.3 Å². The Balaban J connectivity index is 1.91. The van der Waals surface area contributed by atoms with Crippen LogP contribution in [0.15, 0.2) is 17.5 Å². The maximum absolute atomic E-state index is 6.43. The van der Waals surface area contributed by atoms with Crippen molar-refractivity contribution < 1.29 is 0 Å². The number of aryl methyl sites for hydroxylation is 2. The van der Waals surface area contributed by atoms with Gasteiger partial charge < -0.3 is 0 Å². The van der Waals surface area contributed by atoms with Crippen LogP contribution in [0.5, 0.6) is 0 Å². The van der Waals surface area contributed by atoms with Gasteiger partial charge in [-0.1, -0.05) is 18.5 Å². The van der Waals surface area contributed by atoms with E-state index in [0.717, 1.165) is 29.3 Å². The van der Waals surface area contributed by atoms with E-state index in [9.17, 15) is 0 Å². The molecule has 0 aliphatic carbocycles. The molecule has 3 heterocycles. The number of rotatable bonds is 5. The molecule has 0 bridgehead atoms. The summed E-state index contributed by atoms with van der Waals surface area (Å²) < 4.78 is 4.47. The molecule has 0 fully saturated rings. The maximum Gasteiger partial charge on any atom is 0.0850 e. The summed E-state index contributed by atoms with van der Waals surface area (Å²) in [6.45, 7) is 2.06. The Hall–Kier alpha value is -0.920. The zero-order chi connectivity index (χ0) is 15.0. The fourth-order valence-corrected chi connectivity index (χ4v) is 4.98. The molecule has 3 aromatic rings. The first-order valence-corrected chi connectivity index (χ1v) is 8.84. The molecule has 0 amide bonds. The molecule has 0 spiro atoms. The second-order valence-corrected chi connectivity index (χ2v) is 7.35. The molecule has 3 aromatic heterocycles. The lowest BCUT2D eigenvalue weighted by molar-refractivity contribution is 0.537. The number of aromatic nitrogens is 2. The minimum atomic E-state index is 0.0483. The Morgan fingerprint density at radius 2 is 2.29 bits per heavy atom. The fraction of sp³-hybridized carbons (Fsp3) is 0.357. The van der Waals surface area contributed by atoms with Crippen molar-refractivity contribution in [1.29, 1.82) is 0 Å². The first-order chi connectivity index (χ1) is 10.1. The molecule has 0 aliphatic rings. The zero-order valence-corrected chi connectivity index (χ0v) is 14.3. The molecule has 0 aliphatic heterocycles. The molecular formula is C14H17ClN4S2. The Kier molecular flexibility index (Phi) is 4.33. The normalized spacial score (nSPS) is 13.1. The summed E-state index contributed by atoms with van der Waals surface area (Å²) in [6.07, 6.45) is 1.56. The summed E-state index contributed by atoms with van der Waals surface area (Å²) in [5.74, 6) is 5.77. The van der Waals surface area contributed by atoms with Gasteiger partial charge in [0.15, 0.2) is 0 Å². The Morgan fingerprint density at radius 1 is 1.48 bits per heavy atom. The van der Waals surface area contributed by atoms with Gasteiger partial charge in [0.2, 0.25) is 0 Å². The second-order valence-electron chi connectivity index (χ2n) is 4.91. The van der Waals surface area contributed by atoms with Crippen molar-refractivity contribution in [3.05, 3.63) is 38.8 Å². The summed E-state index contributed by atoms with van der Waals surface area (Å²) in [6, 6.07) is 4.40. The summed E-state index contributed by atoms with van der Waals surface area (Å²) in [5.41, 5.74) is 4.88. The number of nitrogens with zero attached hydrogens (tertiary/aromatic N) is 2. The van der Waals surface area contributed by atoms with Crippen LogP contribution in [0.1, 0.15) is 29.2 Å². The van der Waals surface area contributed by atoms with Crippen LogP contribution in [-0.2, 0) is 19.9 Å². The monoisotopic (exact) mass is 340 g/mol. The number of thiophene rings is 2. The molecule has 4 nitrogen and oxygen atoms in total. The number of hydrogen-bond donors (Lipinski definition) is 2. The second kappa shape index (κ2) is 6.06. The van der Waals surface area contributed by atoms with E-state index in [0.29, 0.717) is 0 Å². The van der Waals surface area contributed by atoms with Crippen LogP contribution in [0.3, 0.4) is 0 Å². The van der Waals surface area contributed by atoms with E-state index in [-0.39, 0.29) is 6.04 Å². The summed E-state index contributed by atoms with van der Waals surface area (Å²) in [4.78, 5) is 1.23. The van der Waals surface area contributed by atoms with Crippen LogP contribution in [0.4, 0.5) is 0 Å². The SMILES string of the molecule is CCc1nn(C)c(CC(NN)c2cc3sccc3s2)c1Cl. The zero-order valence-electron chi connectivity index (χ0n) is 11.9. The molecule has 21 heavy (non-hydrogen) atoms. The molecule has 7 heteroatoms. The lowest BCUT2D eigenvalue weighted by Gasteiger charge is -2.14. The van der Waals surface area contributed by atoms with Gasteiger partial charge in [-0.2, -0.15) is 5.10 Å². The van der Waals surface area contributed by atoms with Crippen LogP contribution in [0.25, 0.3) is 9.40 Å². The predicted molar refractivity (Wildman–Crippen MR) is 91.1 cm³/mol. The molecule has 3 rings (SSSR count). The van der Waals surface area contributed by atoms with Crippen molar-refractivity contribution in [2.75, 3.05) is 0 Å². The molecule has 0 aromatic carbocycles. The highest BCUT2D eigenvalue weighted by atomic mass is 35.5. The van der Waals surface area contributed by atoms with Crippen molar-refractivity contribution >= 4 is 43.7 Å². The highest BCUT2D eigenvalue weighted by Crippen LogP contribution is 2.35. The topological polar surface area (TPSA) is 55.9 Å². The van der Waals surface area contributed by atoms with Crippen LogP contribution in [0, 0.1) is 0 Å². The van der Waals surface area contributed by atoms with Crippen LogP contribution in [-0.4, -0.2) is 9.78 Å². The van der Waals surface area contributed by atoms with Gasteiger partial charge in [0.25, 0.3) is 0 Å². The molecule has 1 atom stereocenters. The minimum absolute atomic E-state index is 0.0483. The fourth-order valence-electron chi connectivity index (χ4n) is 2.43. The highest BCUT2D eigenvalue weighted by Gasteiger charge is 2.20. The Bertz CT molecular complexity index is 730. The minimum Gasteiger partial charge on any atom is -0.271 e. The van der Waals surface area contributed by atoms with E-state index in [1.807, 2.05) is 11.7 Å². The average molecular weight is 341 g/mol. The summed E-state index contributed by atoms with van der Waals surface area (Å²) in [5, 5.41) is 7.34. The van der Waals surface area contributed by atoms with Crippen molar-refractivity contribution in [2.24, 2.45) is 12.9 Å². The maximum atomic E-state index is 6.43. The van der Waals surface area contributed by atoms with Crippen LogP contribution >= 0.6 is 34.3 Å². The third-order valence-electron chi connectivity index (χ3n) is 3.60. The molecule has 1 unspecified atom stereocenters. The molecule has 112 valence electrons. The summed E-state index contributed by atoms with van der Waals surface area (Å²) >= 11 is 9.96. The van der Waals surface area contributed by atoms with Crippen LogP contribution < -0.4 is 11.3 Å². The largest absolute Gasteiger partial charge is 0.271 e. The molecule has 0 saturated heterocycles. The smallest absolute Gasteiger partial charge is 0.0850 e. The van der Waals surface area contributed by atoms with Crippen molar-refractivity contribution in [3.63, 3.8) is 0 Å². The number of halogens is 1. The van der Waals surface area contributed by atoms with Gasteiger partial charge in [0, 0.05) is 27.7 Å². The summed E-state index contributed by atoms with van der Waals surface area (Å²) in [7, 11) is 1.93. The number of nitrogens with one attached hydrogen (secondary N) is 1. The number of fused-ring (bicyclic) bond motifs is 1. The van der Waals surface area contributed by atoms with Gasteiger partial charge >= 0.3 is 0 Å². The van der Waals surface area contributed by atoms with Crippen molar-refractivity contribution in [1.82, 2.24) is 15.2 Å². The van der Waals surface area contributed by atoms with Gasteiger partial charge in [0.1, 0.15) is 0 Å².